The first-order valence-corrected chi connectivity index (χ1v) is 12.7. The monoisotopic (exact) mass is 510 g/mol. The molecule has 0 saturated carbocycles. The van der Waals surface area contributed by atoms with Crippen molar-refractivity contribution >= 4 is 23.0 Å². The number of aryl methyl sites for hydroxylation is 3. The lowest BCUT2D eigenvalue weighted by atomic mass is 9.94. The average Bonchev–Trinajstić information content (AvgIpc) is 3.40. The molecule has 0 fully saturated rings. The summed E-state index contributed by atoms with van der Waals surface area (Å²) in [6.45, 7) is 5.92. The van der Waals surface area contributed by atoms with Crippen LogP contribution in [0.5, 0.6) is 5.75 Å². The van der Waals surface area contributed by atoms with Gasteiger partial charge in [0, 0.05) is 12.1 Å². The maximum Gasteiger partial charge on any atom is 0.290 e. The highest BCUT2D eigenvalue weighted by molar-refractivity contribution is 7.17. The number of aromatic hydroxyl groups is 1. The quantitative estimate of drug-likeness (QED) is 0.301. The maximum atomic E-state index is 14.0. The van der Waals surface area contributed by atoms with Gasteiger partial charge in [-0.15, -0.1) is 11.3 Å². The van der Waals surface area contributed by atoms with Crippen molar-refractivity contribution < 1.29 is 19.8 Å². The highest BCUT2D eigenvalue weighted by Crippen LogP contribution is 2.42. The van der Waals surface area contributed by atoms with Gasteiger partial charge in [0.25, 0.3) is 5.91 Å². The molecule has 5 rings (SSSR count). The van der Waals surface area contributed by atoms with Gasteiger partial charge in [-0.05, 0) is 49.6 Å². The number of phenols is 1. The molecule has 1 aromatic heterocycles. The molecular formula is C30H26N2O4S. The SMILES string of the molecule is Cc1ccc(C)c(CN2C(=O)C(O)=C(C(=O)c3sc(-c4ccccc4)nc3C)C2c2ccc(O)cc2)c1. The molecule has 1 atom stereocenters. The molecule has 2 heterocycles. The van der Waals surface area contributed by atoms with Gasteiger partial charge in [-0.3, -0.25) is 9.59 Å². The van der Waals surface area contributed by atoms with Crippen LogP contribution in [0.2, 0.25) is 0 Å². The van der Waals surface area contributed by atoms with Crippen LogP contribution in [0.15, 0.2) is 84.1 Å². The Hall–Kier alpha value is -4.23. The minimum atomic E-state index is -0.817. The van der Waals surface area contributed by atoms with E-state index in [2.05, 4.69) is 4.98 Å². The average molecular weight is 511 g/mol. The summed E-state index contributed by atoms with van der Waals surface area (Å²) in [7, 11) is 0. The molecule has 4 aromatic rings. The number of hydrogen-bond acceptors (Lipinski definition) is 6. The molecule has 0 spiro atoms. The van der Waals surface area contributed by atoms with Gasteiger partial charge >= 0.3 is 0 Å². The van der Waals surface area contributed by atoms with E-state index in [-0.39, 0.29) is 17.9 Å². The van der Waals surface area contributed by atoms with E-state index in [1.807, 2.05) is 62.4 Å². The minimum Gasteiger partial charge on any atom is -0.508 e. The summed E-state index contributed by atoms with van der Waals surface area (Å²) in [5.74, 6) is -1.51. The maximum absolute atomic E-state index is 14.0. The summed E-state index contributed by atoms with van der Waals surface area (Å²) in [5, 5.41) is 21.6. The fourth-order valence-corrected chi connectivity index (χ4v) is 5.67. The van der Waals surface area contributed by atoms with Crippen LogP contribution in [0.4, 0.5) is 0 Å². The highest BCUT2D eigenvalue weighted by Gasteiger charge is 2.44. The van der Waals surface area contributed by atoms with Crippen LogP contribution in [0, 0.1) is 20.8 Å². The molecule has 1 unspecified atom stereocenters. The molecule has 0 aliphatic carbocycles. The summed E-state index contributed by atoms with van der Waals surface area (Å²) in [5.41, 5.74) is 5.06. The number of Topliss-reactive ketones (excluding diaryl/α,β-unsaturated/α-hetero) is 1. The molecule has 3 aromatic carbocycles. The van der Waals surface area contributed by atoms with Crippen molar-refractivity contribution in [3.05, 3.63) is 117 Å². The second-order valence-electron chi connectivity index (χ2n) is 9.25. The van der Waals surface area contributed by atoms with Gasteiger partial charge in [-0.2, -0.15) is 0 Å². The van der Waals surface area contributed by atoms with Crippen molar-refractivity contribution in [1.29, 1.82) is 0 Å². The summed E-state index contributed by atoms with van der Waals surface area (Å²) in [6, 6.07) is 21.1. The molecule has 2 N–H and O–H groups in total. The van der Waals surface area contributed by atoms with E-state index < -0.39 is 23.5 Å². The van der Waals surface area contributed by atoms with E-state index in [1.54, 1.807) is 19.1 Å². The van der Waals surface area contributed by atoms with Crippen molar-refractivity contribution in [2.45, 2.75) is 33.4 Å². The summed E-state index contributed by atoms with van der Waals surface area (Å²) >= 11 is 1.24. The van der Waals surface area contributed by atoms with Crippen molar-refractivity contribution in [2.24, 2.45) is 0 Å². The number of ketones is 1. The lowest BCUT2D eigenvalue weighted by Gasteiger charge is -2.27. The molecule has 0 bridgehead atoms. The number of rotatable bonds is 6. The predicted octanol–water partition coefficient (Wildman–Crippen LogP) is 6.22. The zero-order valence-electron chi connectivity index (χ0n) is 20.7. The number of nitrogens with zero attached hydrogens (tertiary/aromatic N) is 2. The fourth-order valence-electron chi connectivity index (χ4n) is 4.64. The third kappa shape index (κ3) is 4.54. The zero-order chi connectivity index (χ0) is 26.3. The van der Waals surface area contributed by atoms with Crippen molar-refractivity contribution in [3.8, 4) is 16.3 Å². The molecule has 37 heavy (non-hydrogen) atoms. The normalized spacial score (nSPS) is 15.5. The number of aliphatic hydroxyl groups is 1. The molecule has 1 amide bonds. The van der Waals surface area contributed by atoms with Gasteiger partial charge in [0.2, 0.25) is 5.78 Å². The number of carbonyl (C=O) groups excluding carboxylic acids is 2. The minimum absolute atomic E-state index is 0.0207. The number of benzene rings is 3. The third-order valence-corrected chi connectivity index (χ3v) is 7.83. The van der Waals surface area contributed by atoms with Gasteiger partial charge in [0.15, 0.2) is 5.76 Å². The van der Waals surface area contributed by atoms with Crippen LogP contribution in [-0.4, -0.2) is 31.8 Å². The fraction of sp³-hybridized carbons (Fsp3) is 0.167. The van der Waals surface area contributed by atoms with Gasteiger partial charge < -0.3 is 15.1 Å². The van der Waals surface area contributed by atoms with Crippen LogP contribution in [0.25, 0.3) is 10.6 Å². The molecule has 7 heteroatoms. The zero-order valence-corrected chi connectivity index (χ0v) is 21.5. The number of carbonyl (C=O) groups is 2. The Labute approximate surface area is 219 Å². The van der Waals surface area contributed by atoms with Crippen molar-refractivity contribution in [2.75, 3.05) is 0 Å². The first-order chi connectivity index (χ1) is 17.7. The molecule has 0 saturated heterocycles. The lowest BCUT2D eigenvalue weighted by Crippen LogP contribution is -2.31. The van der Waals surface area contributed by atoms with Gasteiger partial charge in [0.05, 0.1) is 22.2 Å². The van der Waals surface area contributed by atoms with E-state index in [0.29, 0.717) is 21.1 Å². The standard InChI is InChI=1S/C30H26N2O4S/c1-17-9-10-18(2)22(15-17)16-32-25(20-11-13-23(33)14-12-20)24(27(35)30(32)36)26(34)28-19(3)31-29(37-28)21-7-5-4-6-8-21/h4-15,25,33,35H,16H2,1-3H3. The number of phenolic OH excluding ortho intramolecular Hbond substituents is 1. The van der Waals surface area contributed by atoms with Crippen LogP contribution >= 0.6 is 11.3 Å². The Balaban J connectivity index is 1.59. The molecular weight excluding hydrogens is 484 g/mol. The smallest absolute Gasteiger partial charge is 0.290 e. The van der Waals surface area contributed by atoms with Crippen LogP contribution < -0.4 is 0 Å². The van der Waals surface area contributed by atoms with Gasteiger partial charge in [0.1, 0.15) is 10.8 Å². The molecule has 6 nitrogen and oxygen atoms in total. The second kappa shape index (κ2) is 9.67. The van der Waals surface area contributed by atoms with Crippen LogP contribution in [0.1, 0.15) is 43.7 Å². The van der Waals surface area contributed by atoms with E-state index in [1.165, 1.54) is 28.4 Å². The van der Waals surface area contributed by atoms with Crippen LogP contribution in [-0.2, 0) is 11.3 Å². The van der Waals surface area contributed by atoms with Crippen molar-refractivity contribution in [3.63, 3.8) is 0 Å². The number of thiazole rings is 1. The van der Waals surface area contributed by atoms with E-state index in [0.717, 1.165) is 22.3 Å². The highest BCUT2D eigenvalue weighted by atomic mass is 32.1. The summed E-state index contributed by atoms with van der Waals surface area (Å²) in [4.78, 5) is 33.9. The molecule has 1 aliphatic rings. The summed E-state index contributed by atoms with van der Waals surface area (Å²) in [6.07, 6.45) is 0. The number of aliphatic hydroxyl groups excluding tert-OH is 1. The predicted molar refractivity (Wildman–Crippen MR) is 144 cm³/mol. The Bertz CT molecular complexity index is 1540. The Kier molecular flexibility index (Phi) is 6.39. The molecule has 0 radical (unpaired) electrons. The third-order valence-electron chi connectivity index (χ3n) is 6.63. The number of aromatic nitrogens is 1. The summed E-state index contributed by atoms with van der Waals surface area (Å²) < 4.78 is 0. The molecule has 186 valence electrons. The van der Waals surface area contributed by atoms with Gasteiger partial charge in [-0.25, -0.2) is 4.98 Å². The van der Waals surface area contributed by atoms with E-state index in [4.69, 9.17) is 0 Å². The topological polar surface area (TPSA) is 90.7 Å². The largest absolute Gasteiger partial charge is 0.508 e. The van der Waals surface area contributed by atoms with Crippen molar-refractivity contribution in [1.82, 2.24) is 9.88 Å². The lowest BCUT2D eigenvalue weighted by molar-refractivity contribution is -0.130. The first kappa shape index (κ1) is 24.5. The van der Waals surface area contributed by atoms with Gasteiger partial charge in [-0.1, -0.05) is 66.2 Å². The van der Waals surface area contributed by atoms with Crippen LogP contribution in [0.3, 0.4) is 0 Å². The Morgan fingerprint density at radius 3 is 2.38 bits per heavy atom. The van der Waals surface area contributed by atoms with E-state index in [9.17, 15) is 19.8 Å². The Morgan fingerprint density at radius 1 is 0.973 bits per heavy atom. The number of hydrogen-bond donors (Lipinski definition) is 2. The first-order valence-electron chi connectivity index (χ1n) is 11.9. The number of amides is 1. The van der Waals surface area contributed by atoms with E-state index >= 15 is 0 Å². The second-order valence-corrected chi connectivity index (χ2v) is 10.2. The Morgan fingerprint density at radius 2 is 1.68 bits per heavy atom. The molecule has 1 aliphatic heterocycles.